The van der Waals surface area contributed by atoms with Crippen LogP contribution < -0.4 is 10.2 Å². The molecule has 0 bridgehead atoms. The first kappa shape index (κ1) is 19.2. The zero-order valence-corrected chi connectivity index (χ0v) is 18.2. The summed E-state index contributed by atoms with van der Waals surface area (Å²) < 4.78 is 6.00. The molecule has 2 aromatic carbocycles. The second kappa shape index (κ2) is 8.50. The number of rotatable bonds is 4. The summed E-state index contributed by atoms with van der Waals surface area (Å²) in [7, 11) is 0. The lowest BCUT2D eigenvalue weighted by Gasteiger charge is -2.35. The van der Waals surface area contributed by atoms with E-state index >= 15 is 0 Å². The van der Waals surface area contributed by atoms with Crippen LogP contribution >= 0.6 is 23.1 Å². The van der Waals surface area contributed by atoms with E-state index in [-0.39, 0.29) is 0 Å². The lowest BCUT2D eigenvalue weighted by atomic mass is 10.0. The highest BCUT2D eigenvalue weighted by atomic mass is 35.5. The first-order valence-corrected chi connectivity index (χ1v) is 11.8. The predicted molar refractivity (Wildman–Crippen MR) is 125 cm³/mol. The van der Waals surface area contributed by atoms with Crippen LogP contribution in [0.5, 0.6) is 0 Å². The highest BCUT2D eigenvalue weighted by Crippen LogP contribution is 2.31. The molecule has 0 spiro atoms. The van der Waals surface area contributed by atoms with E-state index in [0.717, 1.165) is 63.0 Å². The highest BCUT2D eigenvalue weighted by molar-refractivity contribution is 7.13. The Morgan fingerprint density at radius 1 is 1.07 bits per heavy atom. The first-order chi connectivity index (χ1) is 14.3. The van der Waals surface area contributed by atoms with E-state index < -0.39 is 0 Å². The molecule has 152 valence electrons. The SMILES string of the molecule is Clc1cc2c(cc1CCN1CCN(c3nsc4ccccc34)CC1)CCCCN2. The molecule has 4 nitrogen and oxygen atoms in total. The van der Waals surface area contributed by atoms with Gasteiger partial charge in [-0.3, -0.25) is 4.90 Å². The van der Waals surface area contributed by atoms with Crippen molar-refractivity contribution in [3.63, 3.8) is 0 Å². The molecule has 29 heavy (non-hydrogen) atoms. The van der Waals surface area contributed by atoms with E-state index in [1.807, 2.05) is 0 Å². The molecular weight excluding hydrogens is 400 g/mol. The maximum atomic E-state index is 6.60. The first-order valence-electron chi connectivity index (χ1n) is 10.6. The Morgan fingerprint density at radius 2 is 1.93 bits per heavy atom. The van der Waals surface area contributed by atoms with Gasteiger partial charge in [0.05, 0.1) is 4.70 Å². The van der Waals surface area contributed by atoms with E-state index in [1.54, 1.807) is 11.5 Å². The molecule has 3 heterocycles. The highest BCUT2D eigenvalue weighted by Gasteiger charge is 2.21. The van der Waals surface area contributed by atoms with E-state index in [1.165, 1.54) is 39.7 Å². The third-order valence-corrected chi connectivity index (χ3v) is 7.36. The molecule has 0 atom stereocenters. The largest absolute Gasteiger partial charge is 0.385 e. The number of aryl methyl sites for hydroxylation is 1. The zero-order valence-electron chi connectivity index (χ0n) is 16.7. The van der Waals surface area contributed by atoms with Gasteiger partial charge in [-0.2, -0.15) is 4.37 Å². The molecule has 2 aliphatic heterocycles. The van der Waals surface area contributed by atoms with Gasteiger partial charge in [-0.1, -0.05) is 29.8 Å². The number of fused-ring (bicyclic) bond motifs is 2. The summed E-state index contributed by atoms with van der Waals surface area (Å²) in [4.78, 5) is 5.00. The minimum atomic E-state index is 0.908. The minimum absolute atomic E-state index is 0.908. The number of nitrogens with zero attached hydrogens (tertiary/aromatic N) is 3. The van der Waals surface area contributed by atoms with Gasteiger partial charge in [0, 0.05) is 55.4 Å². The van der Waals surface area contributed by atoms with Crippen LogP contribution in [-0.2, 0) is 12.8 Å². The smallest absolute Gasteiger partial charge is 0.150 e. The van der Waals surface area contributed by atoms with Crippen molar-refractivity contribution in [3.05, 3.63) is 52.5 Å². The van der Waals surface area contributed by atoms with Crippen molar-refractivity contribution in [2.24, 2.45) is 0 Å². The number of aromatic nitrogens is 1. The zero-order chi connectivity index (χ0) is 19.6. The molecule has 0 unspecified atom stereocenters. The summed E-state index contributed by atoms with van der Waals surface area (Å²) in [5, 5.41) is 5.72. The fourth-order valence-electron chi connectivity index (χ4n) is 4.46. The monoisotopic (exact) mass is 426 g/mol. The standard InChI is InChI=1S/C23H27ClN4S/c24-20-16-21-18(5-3-4-9-25-21)15-17(20)8-10-27-11-13-28(14-12-27)23-19-6-1-2-7-22(19)29-26-23/h1-2,6-7,15-16,25H,3-5,8-14H2. The number of hydrogen-bond donors (Lipinski definition) is 1. The van der Waals surface area contributed by atoms with Crippen LogP contribution in [0.2, 0.25) is 5.02 Å². The second-order valence-corrected chi connectivity index (χ2v) is 9.28. The van der Waals surface area contributed by atoms with Gasteiger partial charge in [0.25, 0.3) is 0 Å². The lowest BCUT2D eigenvalue weighted by Crippen LogP contribution is -2.47. The van der Waals surface area contributed by atoms with E-state index in [9.17, 15) is 0 Å². The molecule has 0 saturated carbocycles. The molecule has 3 aromatic rings. The van der Waals surface area contributed by atoms with E-state index in [4.69, 9.17) is 16.0 Å². The van der Waals surface area contributed by atoms with Gasteiger partial charge in [-0.15, -0.1) is 0 Å². The Hall–Kier alpha value is -1.82. The van der Waals surface area contributed by atoms with Crippen LogP contribution in [0.25, 0.3) is 10.1 Å². The lowest BCUT2D eigenvalue weighted by molar-refractivity contribution is 0.261. The number of nitrogens with one attached hydrogen (secondary N) is 1. The normalized spacial score (nSPS) is 17.8. The number of piperazine rings is 1. The summed E-state index contributed by atoms with van der Waals surface area (Å²) in [6, 6.07) is 13.0. The van der Waals surface area contributed by atoms with Crippen molar-refractivity contribution in [2.45, 2.75) is 25.7 Å². The second-order valence-electron chi connectivity index (χ2n) is 8.07. The van der Waals surface area contributed by atoms with Crippen molar-refractivity contribution < 1.29 is 0 Å². The van der Waals surface area contributed by atoms with Gasteiger partial charge >= 0.3 is 0 Å². The van der Waals surface area contributed by atoms with Crippen LogP contribution in [0.1, 0.15) is 24.0 Å². The van der Waals surface area contributed by atoms with Crippen molar-refractivity contribution in [1.82, 2.24) is 9.27 Å². The van der Waals surface area contributed by atoms with Gasteiger partial charge in [0.15, 0.2) is 0 Å². The van der Waals surface area contributed by atoms with Crippen LogP contribution in [0, 0.1) is 0 Å². The fourth-order valence-corrected chi connectivity index (χ4v) is 5.51. The Labute approximate surface area is 181 Å². The quantitative estimate of drug-likeness (QED) is 0.631. The Bertz CT molecular complexity index is 994. The van der Waals surface area contributed by atoms with Crippen LogP contribution in [0.15, 0.2) is 36.4 Å². The van der Waals surface area contributed by atoms with Gasteiger partial charge < -0.3 is 10.2 Å². The predicted octanol–water partition coefficient (Wildman–Crippen LogP) is 5.06. The summed E-state index contributed by atoms with van der Waals surface area (Å²) in [6.07, 6.45) is 4.67. The number of benzene rings is 2. The molecule has 1 saturated heterocycles. The summed E-state index contributed by atoms with van der Waals surface area (Å²) in [5.74, 6) is 1.16. The number of hydrogen-bond acceptors (Lipinski definition) is 5. The fraction of sp³-hybridized carbons (Fsp3) is 0.435. The number of halogens is 1. The van der Waals surface area contributed by atoms with Gasteiger partial charge in [0.2, 0.25) is 0 Å². The molecule has 2 aliphatic rings. The Kier molecular flexibility index (Phi) is 5.62. The molecule has 5 rings (SSSR count). The van der Waals surface area contributed by atoms with Crippen molar-refractivity contribution >= 4 is 44.7 Å². The Morgan fingerprint density at radius 3 is 2.83 bits per heavy atom. The van der Waals surface area contributed by atoms with Gasteiger partial charge in [0.1, 0.15) is 5.82 Å². The maximum absolute atomic E-state index is 6.60. The molecule has 1 fully saturated rings. The topological polar surface area (TPSA) is 31.4 Å². The maximum Gasteiger partial charge on any atom is 0.150 e. The Balaban J connectivity index is 1.20. The molecule has 0 amide bonds. The van der Waals surface area contributed by atoms with Gasteiger partial charge in [-0.05, 0) is 66.5 Å². The van der Waals surface area contributed by atoms with Gasteiger partial charge in [-0.25, -0.2) is 0 Å². The molecule has 0 radical (unpaired) electrons. The molecule has 0 aliphatic carbocycles. The third-order valence-electron chi connectivity index (χ3n) is 6.19. The van der Waals surface area contributed by atoms with Crippen molar-refractivity contribution in [3.8, 4) is 0 Å². The average molecular weight is 427 g/mol. The van der Waals surface area contributed by atoms with E-state index in [2.05, 4.69) is 51.5 Å². The molecule has 1 N–H and O–H groups in total. The summed E-state index contributed by atoms with van der Waals surface area (Å²) >= 11 is 8.21. The van der Waals surface area contributed by atoms with Crippen LogP contribution in [-0.4, -0.2) is 48.5 Å². The van der Waals surface area contributed by atoms with E-state index in [0.29, 0.717) is 0 Å². The van der Waals surface area contributed by atoms with Crippen LogP contribution in [0.4, 0.5) is 11.5 Å². The molecular formula is C23H27ClN4S. The average Bonchev–Trinajstić information content (AvgIpc) is 3.05. The summed E-state index contributed by atoms with van der Waals surface area (Å²) in [5.41, 5.74) is 3.96. The summed E-state index contributed by atoms with van der Waals surface area (Å²) in [6.45, 7) is 6.36. The van der Waals surface area contributed by atoms with Crippen LogP contribution in [0.3, 0.4) is 0 Å². The van der Waals surface area contributed by atoms with Crippen molar-refractivity contribution in [1.29, 1.82) is 0 Å². The number of anilines is 2. The molecule has 1 aromatic heterocycles. The molecule has 6 heteroatoms. The van der Waals surface area contributed by atoms with Crippen molar-refractivity contribution in [2.75, 3.05) is 49.5 Å². The third kappa shape index (κ3) is 4.09. The minimum Gasteiger partial charge on any atom is -0.385 e.